The first-order chi connectivity index (χ1) is 6.42. The third kappa shape index (κ3) is 1.42. The van der Waals surface area contributed by atoms with Crippen molar-refractivity contribution < 1.29 is 0 Å². The first-order valence-corrected chi connectivity index (χ1v) is 4.21. The van der Waals surface area contributed by atoms with Crippen LogP contribution in [0.2, 0.25) is 0 Å². The maximum absolute atomic E-state index is 4.21. The van der Waals surface area contributed by atoms with Crippen molar-refractivity contribution in [3.05, 3.63) is 30.7 Å². The lowest BCUT2D eigenvalue weighted by Gasteiger charge is -2.00. The molecule has 0 N–H and O–H groups in total. The van der Waals surface area contributed by atoms with Gasteiger partial charge in [-0.2, -0.15) is 0 Å². The van der Waals surface area contributed by atoms with Crippen molar-refractivity contribution in [3.63, 3.8) is 0 Å². The van der Waals surface area contributed by atoms with E-state index in [1.807, 2.05) is 22.8 Å². The summed E-state index contributed by atoms with van der Waals surface area (Å²) in [6.07, 6.45) is 3.47. The zero-order chi connectivity index (χ0) is 9.10. The summed E-state index contributed by atoms with van der Waals surface area (Å²) in [5.74, 6) is 0.822. The lowest BCUT2D eigenvalue weighted by molar-refractivity contribution is 0.764. The van der Waals surface area contributed by atoms with Crippen molar-refractivity contribution in [2.45, 2.75) is 13.5 Å². The van der Waals surface area contributed by atoms with Crippen LogP contribution in [0.15, 0.2) is 30.7 Å². The molecule has 66 valence electrons. The van der Waals surface area contributed by atoms with Crippen LogP contribution in [-0.2, 0) is 6.54 Å². The molecule has 2 aromatic rings. The summed E-state index contributed by atoms with van der Waals surface area (Å²) in [5.41, 5.74) is 0.863. The van der Waals surface area contributed by atoms with Gasteiger partial charge in [-0.05, 0) is 19.1 Å². The average molecular weight is 174 g/mol. The van der Waals surface area contributed by atoms with Crippen LogP contribution in [0.3, 0.4) is 0 Å². The highest BCUT2D eigenvalue weighted by molar-refractivity contribution is 5.47. The third-order valence-electron chi connectivity index (χ3n) is 1.85. The van der Waals surface area contributed by atoms with E-state index in [0.717, 1.165) is 18.1 Å². The molecule has 0 atom stereocenters. The van der Waals surface area contributed by atoms with Crippen molar-refractivity contribution in [3.8, 4) is 11.5 Å². The quantitative estimate of drug-likeness (QED) is 0.690. The maximum Gasteiger partial charge on any atom is 0.182 e. The van der Waals surface area contributed by atoms with Gasteiger partial charge in [-0.1, -0.05) is 6.07 Å². The van der Waals surface area contributed by atoms with Crippen LogP contribution in [0.25, 0.3) is 11.5 Å². The summed E-state index contributed by atoms with van der Waals surface area (Å²) in [5, 5.41) is 7.85. The second-order valence-electron chi connectivity index (χ2n) is 2.66. The Hall–Kier alpha value is -1.71. The molecule has 13 heavy (non-hydrogen) atoms. The van der Waals surface area contributed by atoms with Gasteiger partial charge in [0.2, 0.25) is 0 Å². The van der Waals surface area contributed by atoms with Crippen molar-refractivity contribution >= 4 is 0 Å². The van der Waals surface area contributed by atoms with Gasteiger partial charge < -0.3 is 4.57 Å². The molecule has 2 rings (SSSR count). The number of rotatable bonds is 2. The number of pyridine rings is 1. The van der Waals surface area contributed by atoms with Crippen LogP contribution in [-0.4, -0.2) is 19.7 Å². The van der Waals surface area contributed by atoms with Gasteiger partial charge >= 0.3 is 0 Å². The molecule has 0 unspecified atom stereocenters. The Bertz CT molecular complexity index is 380. The van der Waals surface area contributed by atoms with Gasteiger partial charge in [0.15, 0.2) is 5.82 Å². The van der Waals surface area contributed by atoms with Crippen molar-refractivity contribution in [1.29, 1.82) is 0 Å². The Kier molecular flexibility index (Phi) is 2.04. The number of nitrogens with zero attached hydrogens (tertiary/aromatic N) is 4. The lowest BCUT2D eigenvalue weighted by atomic mass is 10.3. The third-order valence-corrected chi connectivity index (χ3v) is 1.85. The van der Waals surface area contributed by atoms with E-state index >= 15 is 0 Å². The molecule has 0 saturated heterocycles. The largest absolute Gasteiger partial charge is 0.313 e. The predicted molar refractivity (Wildman–Crippen MR) is 48.9 cm³/mol. The van der Waals surface area contributed by atoms with Crippen molar-refractivity contribution in [2.75, 3.05) is 0 Å². The van der Waals surface area contributed by atoms with Gasteiger partial charge in [0, 0.05) is 12.7 Å². The van der Waals surface area contributed by atoms with E-state index in [-0.39, 0.29) is 0 Å². The zero-order valence-electron chi connectivity index (χ0n) is 7.38. The number of hydrogen-bond donors (Lipinski definition) is 0. The van der Waals surface area contributed by atoms with E-state index in [1.165, 1.54) is 0 Å². The fourth-order valence-electron chi connectivity index (χ4n) is 1.18. The summed E-state index contributed by atoms with van der Waals surface area (Å²) in [6, 6.07) is 5.75. The Morgan fingerprint density at radius 1 is 1.38 bits per heavy atom. The van der Waals surface area contributed by atoms with Crippen LogP contribution < -0.4 is 0 Å². The van der Waals surface area contributed by atoms with Crippen LogP contribution in [0.1, 0.15) is 6.92 Å². The standard InChI is InChI=1S/C9H10N4/c1-2-13-7-11-12-9(13)8-5-3-4-6-10-8/h3-7H,2H2,1H3. The van der Waals surface area contributed by atoms with Gasteiger partial charge in [-0.15, -0.1) is 10.2 Å². The number of aromatic nitrogens is 4. The Morgan fingerprint density at radius 3 is 3.00 bits per heavy atom. The molecule has 0 aliphatic carbocycles. The fourth-order valence-corrected chi connectivity index (χ4v) is 1.18. The van der Waals surface area contributed by atoms with E-state index in [0.29, 0.717) is 0 Å². The Labute approximate surface area is 76.3 Å². The molecule has 0 amide bonds. The van der Waals surface area contributed by atoms with Crippen molar-refractivity contribution in [2.24, 2.45) is 0 Å². The minimum Gasteiger partial charge on any atom is -0.313 e. The second-order valence-corrected chi connectivity index (χ2v) is 2.66. The van der Waals surface area contributed by atoms with Crippen LogP contribution in [0, 0.1) is 0 Å². The van der Waals surface area contributed by atoms with Crippen LogP contribution >= 0.6 is 0 Å². The molecule has 2 aromatic heterocycles. The van der Waals surface area contributed by atoms with E-state index in [9.17, 15) is 0 Å². The summed E-state index contributed by atoms with van der Waals surface area (Å²) in [4.78, 5) is 4.21. The molecule has 4 heteroatoms. The van der Waals surface area contributed by atoms with Gasteiger partial charge in [-0.3, -0.25) is 4.98 Å². The average Bonchev–Trinajstić information content (AvgIpc) is 2.67. The Balaban J connectivity index is 2.47. The fraction of sp³-hybridized carbons (Fsp3) is 0.222. The molecule has 0 fully saturated rings. The molecule has 0 radical (unpaired) electrons. The number of aryl methyl sites for hydroxylation is 1. The van der Waals surface area contributed by atoms with E-state index in [2.05, 4.69) is 22.1 Å². The van der Waals surface area contributed by atoms with E-state index in [1.54, 1.807) is 12.5 Å². The minimum atomic E-state index is 0.822. The molecule has 0 saturated carbocycles. The highest BCUT2D eigenvalue weighted by atomic mass is 15.3. The molecular formula is C9H10N4. The molecule has 2 heterocycles. The van der Waals surface area contributed by atoms with Gasteiger partial charge in [0.25, 0.3) is 0 Å². The van der Waals surface area contributed by atoms with Gasteiger partial charge in [0.1, 0.15) is 12.0 Å². The van der Waals surface area contributed by atoms with Crippen molar-refractivity contribution in [1.82, 2.24) is 19.7 Å². The monoisotopic (exact) mass is 174 g/mol. The zero-order valence-corrected chi connectivity index (χ0v) is 7.38. The molecule has 0 bridgehead atoms. The molecule has 0 aliphatic rings. The lowest BCUT2D eigenvalue weighted by Crippen LogP contribution is -1.96. The Morgan fingerprint density at radius 2 is 2.31 bits per heavy atom. The van der Waals surface area contributed by atoms with Gasteiger partial charge in [-0.25, -0.2) is 0 Å². The molecular weight excluding hydrogens is 164 g/mol. The SMILES string of the molecule is CCn1cnnc1-c1ccccn1. The van der Waals surface area contributed by atoms with Gasteiger partial charge in [0.05, 0.1) is 0 Å². The van der Waals surface area contributed by atoms with E-state index < -0.39 is 0 Å². The molecule has 0 aliphatic heterocycles. The minimum absolute atomic E-state index is 0.822. The van der Waals surface area contributed by atoms with Crippen LogP contribution in [0.4, 0.5) is 0 Å². The molecule has 0 spiro atoms. The second kappa shape index (κ2) is 3.35. The number of hydrogen-bond acceptors (Lipinski definition) is 3. The van der Waals surface area contributed by atoms with Crippen LogP contribution in [0.5, 0.6) is 0 Å². The smallest absolute Gasteiger partial charge is 0.182 e. The predicted octanol–water partition coefficient (Wildman–Crippen LogP) is 1.36. The summed E-state index contributed by atoms with van der Waals surface area (Å²) in [7, 11) is 0. The molecule has 0 aromatic carbocycles. The summed E-state index contributed by atoms with van der Waals surface area (Å²) < 4.78 is 1.96. The van der Waals surface area contributed by atoms with E-state index in [4.69, 9.17) is 0 Å². The summed E-state index contributed by atoms with van der Waals surface area (Å²) in [6.45, 7) is 2.91. The maximum atomic E-state index is 4.21. The normalized spacial score (nSPS) is 10.2. The first-order valence-electron chi connectivity index (χ1n) is 4.21. The topological polar surface area (TPSA) is 43.6 Å². The first kappa shape index (κ1) is 7.91. The summed E-state index contributed by atoms with van der Waals surface area (Å²) >= 11 is 0. The highest BCUT2D eigenvalue weighted by Gasteiger charge is 2.05. The highest BCUT2D eigenvalue weighted by Crippen LogP contribution is 2.11. The molecule has 4 nitrogen and oxygen atoms in total.